The van der Waals surface area contributed by atoms with Crippen molar-refractivity contribution in [3.8, 4) is 22.9 Å². The van der Waals surface area contributed by atoms with Gasteiger partial charge in [-0.25, -0.2) is 4.68 Å². The van der Waals surface area contributed by atoms with Gasteiger partial charge in [0, 0.05) is 32.2 Å². The van der Waals surface area contributed by atoms with E-state index in [1.165, 1.54) is 0 Å². The highest BCUT2D eigenvalue weighted by Gasteiger charge is 2.24. The summed E-state index contributed by atoms with van der Waals surface area (Å²) in [5.41, 5.74) is 3.01. The van der Waals surface area contributed by atoms with E-state index >= 15 is 0 Å². The van der Waals surface area contributed by atoms with Crippen molar-refractivity contribution in [1.29, 1.82) is 0 Å². The second-order valence-electron chi connectivity index (χ2n) is 8.94. The van der Waals surface area contributed by atoms with Crippen LogP contribution in [0.15, 0.2) is 60.7 Å². The molecule has 0 saturated heterocycles. The van der Waals surface area contributed by atoms with E-state index in [9.17, 15) is 5.11 Å². The Hall–Kier alpha value is -2.63. The van der Waals surface area contributed by atoms with Crippen LogP contribution >= 0.6 is 0 Å². The van der Waals surface area contributed by atoms with Gasteiger partial charge in [0.05, 0.1) is 11.7 Å². The van der Waals surface area contributed by atoms with Crippen LogP contribution in [-0.2, 0) is 13.6 Å². The molecule has 3 aromatic rings. The number of aryl methyl sites for hydroxylation is 1. The molecule has 1 heterocycles. The molecule has 0 saturated carbocycles. The topological polar surface area (TPSA) is 50.5 Å². The molecule has 0 amide bonds. The summed E-state index contributed by atoms with van der Waals surface area (Å²) in [5.74, 6) is 2.20. The predicted molar refractivity (Wildman–Crippen MR) is 126 cm³/mol. The standard InChI is InChI=1S/C26H35N3O2/c1-19(2)16-29(18-24(30)20(3)4)17-23-25(21-12-8-6-9-13-21)27-28(5)26(23)31-22-14-10-7-11-15-22/h6-15,19-20,24,30H,16-18H2,1-5H3/t24-/m0/s1. The number of aliphatic hydroxyl groups excluding tert-OH is 1. The molecule has 1 atom stereocenters. The summed E-state index contributed by atoms with van der Waals surface area (Å²) >= 11 is 0. The maximum Gasteiger partial charge on any atom is 0.222 e. The largest absolute Gasteiger partial charge is 0.439 e. The third-order valence-electron chi connectivity index (χ3n) is 5.31. The lowest BCUT2D eigenvalue weighted by atomic mass is 10.0. The Morgan fingerprint density at radius 2 is 1.55 bits per heavy atom. The summed E-state index contributed by atoms with van der Waals surface area (Å²) in [5, 5.41) is 15.4. The lowest BCUT2D eigenvalue weighted by Gasteiger charge is -2.28. The van der Waals surface area contributed by atoms with Crippen molar-refractivity contribution in [2.45, 2.75) is 40.3 Å². The third kappa shape index (κ3) is 6.18. The van der Waals surface area contributed by atoms with Crippen molar-refractivity contribution in [1.82, 2.24) is 14.7 Å². The predicted octanol–water partition coefficient (Wildman–Crippen LogP) is 5.35. The van der Waals surface area contributed by atoms with E-state index < -0.39 is 0 Å². The fourth-order valence-corrected chi connectivity index (χ4v) is 3.67. The number of aliphatic hydroxyl groups is 1. The van der Waals surface area contributed by atoms with Crippen LogP contribution in [0.25, 0.3) is 11.3 Å². The fourth-order valence-electron chi connectivity index (χ4n) is 3.67. The Labute approximate surface area is 186 Å². The van der Waals surface area contributed by atoms with Crippen molar-refractivity contribution in [2.24, 2.45) is 18.9 Å². The zero-order valence-electron chi connectivity index (χ0n) is 19.3. The molecule has 5 nitrogen and oxygen atoms in total. The molecule has 0 spiro atoms. The first-order chi connectivity index (χ1) is 14.8. The molecule has 5 heteroatoms. The minimum absolute atomic E-state index is 0.206. The van der Waals surface area contributed by atoms with Gasteiger partial charge in [0.15, 0.2) is 0 Å². The van der Waals surface area contributed by atoms with Gasteiger partial charge in [-0.3, -0.25) is 4.90 Å². The highest BCUT2D eigenvalue weighted by molar-refractivity contribution is 5.65. The first kappa shape index (κ1) is 23.0. The molecular formula is C26H35N3O2. The van der Waals surface area contributed by atoms with Crippen molar-refractivity contribution in [2.75, 3.05) is 13.1 Å². The average Bonchev–Trinajstić information content (AvgIpc) is 3.04. The molecule has 2 aromatic carbocycles. The number of rotatable bonds is 10. The first-order valence-corrected chi connectivity index (χ1v) is 11.1. The maximum atomic E-state index is 10.6. The summed E-state index contributed by atoms with van der Waals surface area (Å²) in [6.07, 6.45) is -0.380. The summed E-state index contributed by atoms with van der Waals surface area (Å²) in [7, 11) is 1.92. The van der Waals surface area contributed by atoms with E-state index in [4.69, 9.17) is 9.84 Å². The Bertz CT molecular complexity index is 936. The van der Waals surface area contributed by atoms with Crippen LogP contribution in [-0.4, -0.2) is 39.0 Å². The van der Waals surface area contributed by atoms with Gasteiger partial charge in [0.2, 0.25) is 5.88 Å². The highest BCUT2D eigenvalue weighted by Crippen LogP contribution is 2.34. The van der Waals surface area contributed by atoms with Gasteiger partial charge in [0.25, 0.3) is 0 Å². The average molecular weight is 422 g/mol. The molecule has 0 unspecified atom stereocenters. The van der Waals surface area contributed by atoms with Crippen LogP contribution in [0.5, 0.6) is 11.6 Å². The molecule has 31 heavy (non-hydrogen) atoms. The normalized spacial score (nSPS) is 12.7. The summed E-state index contributed by atoms with van der Waals surface area (Å²) in [6.45, 7) is 10.7. The van der Waals surface area contributed by atoms with E-state index in [0.717, 1.165) is 35.0 Å². The van der Waals surface area contributed by atoms with Crippen molar-refractivity contribution < 1.29 is 9.84 Å². The zero-order valence-corrected chi connectivity index (χ0v) is 19.3. The maximum absolute atomic E-state index is 10.6. The van der Waals surface area contributed by atoms with E-state index in [-0.39, 0.29) is 12.0 Å². The number of nitrogens with zero attached hydrogens (tertiary/aromatic N) is 3. The van der Waals surface area contributed by atoms with Gasteiger partial charge in [-0.1, -0.05) is 76.2 Å². The van der Waals surface area contributed by atoms with Crippen LogP contribution in [0.1, 0.15) is 33.3 Å². The second-order valence-corrected chi connectivity index (χ2v) is 8.94. The number of benzene rings is 2. The van der Waals surface area contributed by atoms with Gasteiger partial charge >= 0.3 is 0 Å². The summed E-state index contributed by atoms with van der Waals surface area (Å²) in [6, 6.07) is 20.0. The van der Waals surface area contributed by atoms with Crippen molar-refractivity contribution in [3.63, 3.8) is 0 Å². The third-order valence-corrected chi connectivity index (χ3v) is 5.31. The Morgan fingerprint density at radius 1 is 0.935 bits per heavy atom. The highest BCUT2D eigenvalue weighted by atomic mass is 16.5. The Balaban J connectivity index is 2.01. The zero-order chi connectivity index (χ0) is 22.4. The number of hydrogen-bond donors (Lipinski definition) is 1. The molecule has 0 aliphatic heterocycles. The summed E-state index contributed by atoms with van der Waals surface area (Å²) in [4.78, 5) is 2.32. The van der Waals surface area contributed by atoms with Crippen molar-refractivity contribution in [3.05, 3.63) is 66.2 Å². The van der Waals surface area contributed by atoms with Gasteiger partial charge in [-0.05, 0) is 24.0 Å². The molecule has 3 rings (SSSR count). The molecule has 0 bridgehead atoms. The minimum Gasteiger partial charge on any atom is -0.439 e. The van der Waals surface area contributed by atoms with Crippen LogP contribution in [0.4, 0.5) is 0 Å². The molecule has 0 aliphatic rings. The van der Waals surface area contributed by atoms with E-state index in [1.807, 2.05) is 60.3 Å². The van der Waals surface area contributed by atoms with Gasteiger partial charge < -0.3 is 9.84 Å². The number of para-hydroxylation sites is 1. The first-order valence-electron chi connectivity index (χ1n) is 11.1. The van der Waals surface area contributed by atoms with Crippen LogP contribution in [0.3, 0.4) is 0 Å². The molecular weight excluding hydrogens is 386 g/mol. The van der Waals surface area contributed by atoms with Crippen molar-refractivity contribution >= 4 is 0 Å². The lowest BCUT2D eigenvalue weighted by molar-refractivity contribution is 0.0680. The van der Waals surface area contributed by atoms with Gasteiger partial charge in [0.1, 0.15) is 11.4 Å². The number of hydrogen-bond acceptors (Lipinski definition) is 4. The van der Waals surface area contributed by atoms with Crippen LogP contribution in [0.2, 0.25) is 0 Å². The molecule has 1 N–H and O–H groups in total. The van der Waals surface area contributed by atoms with Crippen LogP contribution in [0, 0.1) is 11.8 Å². The quantitative estimate of drug-likeness (QED) is 0.479. The Morgan fingerprint density at radius 3 is 2.13 bits per heavy atom. The molecule has 166 valence electrons. The molecule has 0 radical (unpaired) electrons. The number of ether oxygens (including phenoxy) is 1. The van der Waals surface area contributed by atoms with Crippen LogP contribution < -0.4 is 4.74 Å². The fraction of sp³-hybridized carbons (Fsp3) is 0.423. The minimum atomic E-state index is -0.380. The smallest absolute Gasteiger partial charge is 0.222 e. The Kier molecular flexibility index (Phi) is 7.88. The number of aromatic nitrogens is 2. The second kappa shape index (κ2) is 10.6. The van der Waals surface area contributed by atoms with E-state index in [2.05, 4.69) is 44.7 Å². The molecule has 0 aliphatic carbocycles. The van der Waals surface area contributed by atoms with Gasteiger partial charge in [-0.15, -0.1) is 0 Å². The summed E-state index contributed by atoms with van der Waals surface area (Å²) < 4.78 is 8.13. The van der Waals surface area contributed by atoms with Gasteiger partial charge in [-0.2, -0.15) is 5.10 Å². The van der Waals surface area contributed by atoms with E-state index in [0.29, 0.717) is 19.0 Å². The monoisotopic (exact) mass is 421 g/mol. The lowest BCUT2D eigenvalue weighted by Crippen LogP contribution is -2.37. The molecule has 0 fully saturated rings. The van der Waals surface area contributed by atoms with E-state index in [1.54, 1.807) is 0 Å². The SMILES string of the molecule is CC(C)CN(Cc1c(-c2ccccc2)nn(C)c1Oc1ccccc1)C[C@H](O)C(C)C. The molecule has 1 aromatic heterocycles.